The van der Waals surface area contributed by atoms with E-state index in [4.69, 9.17) is 10.9 Å². The van der Waals surface area contributed by atoms with Gasteiger partial charge < -0.3 is 20.9 Å². The van der Waals surface area contributed by atoms with E-state index in [0.29, 0.717) is 24.8 Å². The van der Waals surface area contributed by atoms with E-state index >= 15 is 0 Å². The molecule has 0 aromatic rings. The Morgan fingerprint density at radius 3 is 2.82 bits per heavy atom. The summed E-state index contributed by atoms with van der Waals surface area (Å²) in [6.07, 6.45) is 5.35. The van der Waals surface area contributed by atoms with Crippen LogP contribution >= 0.6 is 0 Å². The monoisotopic (exact) mass is 241 g/mol. The van der Waals surface area contributed by atoms with Crippen LogP contribution in [0.15, 0.2) is 5.16 Å². The number of amidine groups is 1. The number of hydrogen-bond acceptors (Lipinski definition) is 4. The van der Waals surface area contributed by atoms with E-state index in [-0.39, 0.29) is 5.41 Å². The van der Waals surface area contributed by atoms with Gasteiger partial charge in [0.2, 0.25) is 0 Å². The van der Waals surface area contributed by atoms with Crippen LogP contribution in [0.3, 0.4) is 0 Å². The maximum Gasteiger partial charge on any atom is 0.139 e. The van der Waals surface area contributed by atoms with Gasteiger partial charge in [0.05, 0.1) is 0 Å². The van der Waals surface area contributed by atoms with Crippen molar-refractivity contribution < 1.29 is 10.3 Å². The van der Waals surface area contributed by atoms with Gasteiger partial charge >= 0.3 is 0 Å². The summed E-state index contributed by atoms with van der Waals surface area (Å²) in [5, 5.41) is 20.9. The first kappa shape index (κ1) is 12.6. The van der Waals surface area contributed by atoms with E-state index in [0.717, 1.165) is 26.1 Å². The van der Waals surface area contributed by atoms with Crippen LogP contribution in [0.2, 0.25) is 0 Å². The molecule has 17 heavy (non-hydrogen) atoms. The molecule has 2 fully saturated rings. The lowest BCUT2D eigenvalue weighted by molar-refractivity contribution is 0.104. The number of nitrogens with zero attached hydrogens (tertiary/aromatic N) is 2. The second-order valence-corrected chi connectivity index (χ2v) is 5.69. The lowest BCUT2D eigenvalue weighted by atomic mass is 9.95. The molecule has 1 unspecified atom stereocenters. The fraction of sp³-hybridized carbons (Fsp3) is 0.917. The van der Waals surface area contributed by atoms with E-state index in [1.165, 1.54) is 19.3 Å². The van der Waals surface area contributed by atoms with E-state index in [1.54, 1.807) is 0 Å². The molecule has 5 nitrogen and oxygen atoms in total. The van der Waals surface area contributed by atoms with Gasteiger partial charge in [-0.1, -0.05) is 5.16 Å². The number of nitrogens with two attached hydrogens (primary N) is 1. The maximum atomic E-state index is 9.21. The van der Waals surface area contributed by atoms with Crippen LogP contribution < -0.4 is 5.73 Å². The summed E-state index contributed by atoms with van der Waals surface area (Å²) in [6.45, 7) is 3.44. The van der Waals surface area contributed by atoms with Crippen molar-refractivity contribution in [3.63, 3.8) is 0 Å². The molecule has 5 heteroatoms. The van der Waals surface area contributed by atoms with E-state index in [9.17, 15) is 5.11 Å². The van der Waals surface area contributed by atoms with Gasteiger partial charge in [0, 0.05) is 26.1 Å². The van der Waals surface area contributed by atoms with Gasteiger partial charge in [0.25, 0.3) is 0 Å². The van der Waals surface area contributed by atoms with Crippen LogP contribution in [0.4, 0.5) is 0 Å². The molecule has 1 aliphatic heterocycles. The summed E-state index contributed by atoms with van der Waals surface area (Å²) < 4.78 is 0. The number of hydrogen-bond donors (Lipinski definition) is 3. The number of aliphatic hydroxyl groups is 1. The Bertz CT molecular complexity index is 289. The fourth-order valence-corrected chi connectivity index (χ4v) is 2.91. The highest BCUT2D eigenvalue weighted by molar-refractivity contribution is 5.80. The van der Waals surface area contributed by atoms with Gasteiger partial charge in [-0.15, -0.1) is 0 Å². The van der Waals surface area contributed by atoms with Crippen molar-refractivity contribution in [1.82, 2.24) is 4.90 Å². The standard InChI is InChI=1S/C12H23N3O2/c13-11(14-17)6-12(3-4-12)9-15-5-1-2-10(7-15)8-16/h10,16-17H,1-9H2,(H2,13,14). The molecule has 1 heterocycles. The van der Waals surface area contributed by atoms with Gasteiger partial charge in [0.1, 0.15) is 5.84 Å². The predicted molar refractivity (Wildman–Crippen MR) is 65.9 cm³/mol. The molecule has 0 aromatic carbocycles. The summed E-state index contributed by atoms with van der Waals surface area (Å²) in [5.41, 5.74) is 5.84. The molecule has 0 bridgehead atoms. The Hall–Kier alpha value is -0.810. The molecular formula is C12H23N3O2. The molecule has 0 radical (unpaired) electrons. The summed E-state index contributed by atoms with van der Waals surface area (Å²) in [6, 6.07) is 0. The van der Waals surface area contributed by atoms with Crippen LogP contribution in [-0.2, 0) is 0 Å². The molecule has 2 aliphatic rings. The average Bonchev–Trinajstić information content (AvgIpc) is 3.08. The van der Waals surface area contributed by atoms with E-state index in [1.807, 2.05) is 0 Å². The third-order valence-corrected chi connectivity index (χ3v) is 4.06. The Balaban J connectivity index is 1.83. The molecule has 0 aromatic heterocycles. The summed E-state index contributed by atoms with van der Waals surface area (Å²) in [4.78, 5) is 2.43. The molecule has 0 spiro atoms. The SMILES string of the molecule is NC(CC1(CN2CCCC(CO)C2)CC1)=NO. The fourth-order valence-electron chi connectivity index (χ4n) is 2.91. The first-order valence-corrected chi connectivity index (χ1v) is 6.47. The third-order valence-electron chi connectivity index (χ3n) is 4.06. The predicted octanol–water partition coefficient (Wildman–Crippen LogP) is 0.607. The average molecular weight is 241 g/mol. The Morgan fingerprint density at radius 1 is 1.47 bits per heavy atom. The molecular weight excluding hydrogens is 218 g/mol. The minimum atomic E-state index is 0.244. The molecule has 4 N–H and O–H groups in total. The molecule has 1 saturated heterocycles. The largest absolute Gasteiger partial charge is 0.409 e. The molecule has 0 amide bonds. The molecule has 2 rings (SSSR count). The summed E-state index contributed by atoms with van der Waals surface area (Å²) >= 11 is 0. The van der Waals surface area contributed by atoms with Gasteiger partial charge in [0.15, 0.2) is 0 Å². The zero-order valence-corrected chi connectivity index (χ0v) is 10.3. The van der Waals surface area contributed by atoms with Crippen LogP contribution in [0.25, 0.3) is 0 Å². The quantitative estimate of drug-likeness (QED) is 0.285. The lowest BCUT2D eigenvalue weighted by Crippen LogP contribution is -2.41. The zero-order chi connectivity index (χ0) is 12.3. The van der Waals surface area contributed by atoms with Gasteiger partial charge in [-0.25, -0.2) is 0 Å². The Labute approximate surface area is 102 Å². The first-order chi connectivity index (χ1) is 8.17. The van der Waals surface area contributed by atoms with E-state index < -0.39 is 0 Å². The normalized spacial score (nSPS) is 29.2. The highest BCUT2D eigenvalue weighted by Gasteiger charge is 2.44. The number of aliphatic hydroxyl groups excluding tert-OH is 1. The van der Waals surface area contributed by atoms with Gasteiger partial charge in [-0.05, 0) is 43.6 Å². The first-order valence-electron chi connectivity index (χ1n) is 6.47. The molecule has 98 valence electrons. The number of likely N-dealkylation sites (tertiary alicyclic amines) is 1. The smallest absolute Gasteiger partial charge is 0.139 e. The second kappa shape index (κ2) is 5.23. The van der Waals surface area contributed by atoms with E-state index in [2.05, 4.69) is 10.1 Å². The summed E-state index contributed by atoms with van der Waals surface area (Å²) in [7, 11) is 0. The second-order valence-electron chi connectivity index (χ2n) is 5.69. The van der Waals surface area contributed by atoms with Crippen LogP contribution in [0.1, 0.15) is 32.1 Å². The summed E-state index contributed by atoms with van der Waals surface area (Å²) in [5.74, 6) is 0.779. The van der Waals surface area contributed by atoms with Crippen LogP contribution in [0.5, 0.6) is 0 Å². The minimum Gasteiger partial charge on any atom is -0.409 e. The zero-order valence-electron chi connectivity index (χ0n) is 10.3. The van der Waals surface area contributed by atoms with Crippen molar-refractivity contribution in [3.8, 4) is 0 Å². The highest BCUT2D eigenvalue weighted by atomic mass is 16.4. The van der Waals surface area contributed by atoms with Crippen LogP contribution in [-0.4, -0.2) is 47.3 Å². The third kappa shape index (κ3) is 3.33. The van der Waals surface area contributed by atoms with Crippen LogP contribution in [0, 0.1) is 11.3 Å². The van der Waals surface area contributed by atoms with Crippen molar-refractivity contribution in [1.29, 1.82) is 0 Å². The minimum absolute atomic E-state index is 0.244. The van der Waals surface area contributed by atoms with Crippen molar-refractivity contribution in [2.24, 2.45) is 22.2 Å². The maximum absolute atomic E-state index is 9.21. The number of rotatable bonds is 5. The Kier molecular flexibility index (Phi) is 3.89. The van der Waals surface area contributed by atoms with Crippen molar-refractivity contribution in [2.45, 2.75) is 32.1 Å². The molecule has 1 saturated carbocycles. The molecule has 1 aliphatic carbocycles. The topological polar surface area (TPSA) is 82.1 Å². The number of piperidine rings is 1. The molecule has 1 atom stereocenters. The van der Waals surface area contributed by atoms with Gasteiger partial charge in [-0.2, -0.15) is 0 Å². The van der Waals surface area contributed by atoms with Crippen molar-refractivity contribution in [3.05, 3.63) is 0 Å². The van der Waals surface area contributed by atoms with Crippen molar-refractivity contribution >= 4 is 5.84 Å². The lowest BCUT2D eigenvalue weighted by Gasteiger charge is -2.34. The Morgan fingerprint density at radius 2 is 2.24 bits per heavy atom. The highest BCUT2D eigenvalue weighted by Crippen LogP contribution is 2.49. The number of oxime groups is 1. The van der Waals surface area contributed by atoms with Gasteiger partial charge in [-0.3, -0.25) is 0 Å². The van der Waals surface area contributed by atoms with Crippen molar-refractivity contribution in [2.75, 3.05) is 26.2 Å².